The highest BCUT2D eigenvalue weighted by Crippen LogP contribution is 2.23. The predicted molar refractivity (Wildman–Crippen MR) is 82.6 cm³/mol. The van der Waals surface area contributed by atoms with E-state index in [2.05, 4.69) is 4.98 Å². The summed E-state index contributed by atoms with van der Waals surface area (Å²) in [6, 6.07) is 18.1. The zero-order valence-electron chi connectivity index (χ0n) is 11.1. The van der Waals surface area contributed by atoms with Crippen LogP contribution in [0.5, 0.6) is 5.75 Å². The van der Waals surface area contributed by atoms with Crippen LogP contribution in [0.4, 0.5) is 0 Å². The van der Waals surface area contributed by atoms with Gasteiger partial charge in [0.1, 0.15) is 11.4 Å². The van der Waals surface area contributed by atoms with Crippen LogP contribution < -0.4 is 5.56 Å². The summed E-state index contributed by atoms with van der Waals surface area (Å²) in [7, 11) is 0. The molecule has 0 aliphatic rings. The molecule has 2 N–H and O–H groups in total. The van der Waals surface area contributed by atoms with Crippen molar-refractivity contribution in [3.05, 3.63) is 71.0 Å². The molecule has 0 bridgehead atoms. The standard InChI is InChI=1S/C17H12N2O2/c20-13-7-5-11(6-8-13)12-9-16-18-14-3-1-2-4-15(14)19(16)17(21)10-12/h1-10,18,20H. The SMILES string of the molecule is O=c1cc(-c2ccc(O)cc2)cc2[nH]c3ccccc3n12. The van der Waals surface area contributed by atoms with Gasteiger partial charge in [-0.3, -0.25) is 9.20 Å². The fourth-order valence-electron chi connectivity index (χ4n) is 2.64. The highest BCUT2D eigenvalue weighted by molar-refractivity contribution is 5.82. The molecular weight excluding hydrogens is 264 g/mol. The Bertz CT molecular complexity index is 1010. The van der Waals surface area contributed by atoms with E-state index in [-0.39, 0.29) is 11.3 Å². The molecule has 2 aromatic heterocycles. The second kappa shape index (κ2) is 4.24. The van der Waals surface area contributed by atoms with Crippen molar-refractivity contribution < 1.29 is 5.11 Å². The normalized spacial score (nSPS) is 11.2. The Morgan fingerprint density at radius 2 is 1.67 bits per heavy atom. The van der Waals surface area contributed by atoms with Gasteiger partial charge in [0.2, 0.25) is 0 Å². The van der Waals surface area contributed by atoms with E-state index in [0.29, 0.717) is 0 Å². The highest BCUT2D eigenvalue weighted by atomic mass is 16.3. The van der Waals surface area contributed by atoms with Crippen LogP contribution in [0.3, 0.4) is 0 Å². The molecule has 0 spiro atoms. The van der Waals surface area contributed by atoms with Crippen molar-refractivity contribution >= 4 is 16.7 Å². The molecule has 4 heteroatoms. The molecule has 0 amide bonds. The topological polar surface area (TPSA) is 57.5 Å². The summed E-state index contributed by atoms with van der Waals surface area (Å²) in [5, 5.41) is 9.35. The number of aromatic hydroxyl groups is 1. The van der Waals surface area contributed by atoms with E-state index >= 15 is 0 Å². The van der Waals surface area contributed by atoms with Crippen LogP contribution in [0.15, 0.2) is 65.5 Å². The maximum absolute atomic E-state index is 12.4. The van der Waals surface area contributed by atoms with Gasteiger partial charge in [0.15, 0.2) is 0 Å². The van der Waals surface area contributed by atoms with Crippen LogP contribution in [-0.4, -0.2) is 14.5 Å². The highest BCUT2D eigenvalue weighted by Gasteiger charge is 2.08. The van der Waals surface area contributed by atoms with Crippen molar-refractivity contribution in [1.29, 1.82) is 0 Å². The number of rotatable bonds is 1. The molecule has 0 unspecified atom stereocenters. The minimum atomic E-state index is -0.0759. The van der Waals surface area contributed by atoms with Gasteiger partial charge in [-0.15, -0.1) is 0 Å². The van der Waals surface area contributed by atoms with E-state index in [1.54, 1.807) is 34.7 Å². The molecule has 102 valence electrons. The number of nitrogens with one attached hydrogen (secondary N) is 1. The van der Waals surface area contributed by atoms with E-state index in [1.165, 1.54) is 0 Å². The van der Waals surface area contributed by atoms with Crippen molar-refractivity contribution in [2.45, 2.75) is 0 Å². The molecule has 0 atom stereocenters. The Morgan fingerprint density at radius 3 is 2.48 bits per heavy atom. The lowest BCUT2D eigenvalue weighted by atomic mass is 10.1. The number of benzene rings is 2. The molecule has 0 saturated carbocycles. The molecule has 0 fully saturated rings. The van der Waals surface area contributed by atoms with Gasteiger partial charge >= 0.3 is 0 Å². The molecule has 4 rings (SSSR count). The van der Waals surface area contributed by atoms with Crippen LogP contribution in [0, 0.1) is 0 Å². The first-order valence-electron chi connectivity index (χ1n) is 6.65. The Balaban J connectivity index is 2.03. The van der Waals surface area contributed by atoms with Gasteiger partial charge in [-0.25, -0.2) is 0 Å². The Morgan fingerprint density at radius 1 is 0.905 bits per heavy atom. The van der Waals surface area contributed by atoms with E-state index in [0.717, 1.165) is 27.8 Å². The van der Waals surface area contributed by atoms with E-state index < -0.39 is 0 Å². The van der Waals surface area contributed by atoms with Gasteiger partial charge in [0, 0.05) is 6.07 Å². The number of H-pyrrole nitrogens is 1. The monoisotopic (exact) mass is 276 g/mol. The molecule has 4 nitrogen and oxygen atoms in total. The van der Waals surface area contributed by atoms with Gasteiger partial charge in [-0.1, -0.05) is 24.3 Å². The number of imidazole rings is 1. The summed E-state index contributed by atoms with van der Waals surface area (Å²) in [6.45, 7) is 0. The molecule has 0 radical (unpaired) electrons. The third-order valence-corrected chi connectivity index (χ3v) is 3.64. The summed E-state index contributed by atoms with van der Waals surface area (Å²) in [6.07, 6.45) is 0. The summed E-state index contributed by atoms with van der Waals surface area (Å²) in [5.74, 6) is 0.210. The quantitative estimate of drug-likeness (QED) is 0.561. The van der Waals surface area contributed by atoms with Crippen molar-refractivity contribution in [2.24, 2.45) is 0 Å². The number of nitrogens with zero attached hydrogens (tertiary/aromatic N) is 1. The first kappa shape index (κ1) is 11.8. The molecule has 2 heterocycles. The summed E-state index contributed by atoms with van der Waals surface area (Å²) in [4.78, 5) is 15.7. The largest absolute Gasteiger partial charge is 0.508 e. The van der Waals surface area contributed by atoms with Crippen LogP contribution >= 0.6 is 0 Å². The Labute approximate surface area is 119 Å². The fourth-order valence-corrected chi connectivity index (χ4v) is 2.64. The molecular formula is C17H12N2O2. The van der Waals surface area contributed by atoms with Gasteiger partial charge in [-0.2, -0.15) is 0 Å². The average molecular weight is 276 g/mol. The molecule has 0 aliphatic heterocycles. The third kappa shape index (κ3) is 1.80. The van der Waals surface area contributed by atoms with Gasteiger partial charge in [0.05, 0.1) is 11.0 Å². The second-order valence-electron chi connectivity index (χ2n) is 4.99. The maximum atomic E-state index is 12.4. The smallest absolute Gasteiger partial charge is 0.257 e. The van der Waals surface area contributed by atoms with E-state index in [1.807, 2.05) is 30.3 Å². The number of hydrogen-bond acceptors (Lipinski definition) is 2. The lowest BCUT2D eigenvalue weighted by Crippen LogP contribution is -2.10. The molecule has 21 heavy (non-hydrogen) atoms. The summed E-state index contributed by atoms with van der Waals surface area (Å²) in [5.41, 5.74) is 4.20. The number of pyridine rings is 1. The lowest BCUT2D eigenvalue weighted by Gasteiger charge is -2.02. The van der Waals surface area contributed by atoms with Crippen LogP contribution in [0.25, 0.3) is 27.8 Å². The van der Waals surface area contributed by atoms with Crippen molar-refractivity contribution in [3.8, 4) is 16.9 Å². The lowest BCUT2D eigenvalue weighted by molar-refractivity contribution is 0.475. The number of hydrogen-bond donors (Lipinski definition) is 2. The zero-order chi connectivity index (χ0) is 14.4. The van der Waals surface area contributed by atoms with E-state index in [9.17, 15) is 9.90 Å². The van der Waals surface area contributed by atoms with Gasteiger partial charge < -0.3 is 10.1 Å². The van der Waals surface area contributed by atoms with Crippen LogP contribution in [-0.2, 0) is 0 Å². The molecule has 0 aliphatic carbocycles. The Hall–Kier alpha value is -3.01. The van der Waals surface area contributed by atoms with Gasteiger partial charge in [0.25, 0.3) is 5.56 Å². The van der Waals surface area contributed by atoms with Crippen molar-refractivity contribution in [1.82, 2.24) is 9.38 Å². The van der Waals surface area contributed by atoms with E-state index in [4.69, 9.17) is 0 Å². The van der Waals surface area contributed by atoms with Gasteiger partial charge in [-0.05, 0) is 41.5 Å². The number of aromatic amines is 1. The Kier molecular flexibility index (Phi) is 2.38. The molecule has 0 saturated heterocycles. The van der Waals surface area contributed by atoms with Crippen LogP contribution in [0.1, 0.15) is 0 Å². The average Bonchev–Trinajstić information content (AvgIpc) is 2.86. The summed E-state index contributed by atoms with van der Waals surface area (Å²) < 4.78 is 1.67. The van der Waals surface area contributed by atoms with Crippen LogP contribution in [0.2, 0.25) is 0 Å². The van der Waals surface area contributed by atoms with Crippen molar-refractivity contribution in [3.63, 3.8) is 0 Å². The first-order valence-corrected chi connectivity index (χ1v) is 6.65. The number of phenolic OH excluding ortho intramolecular Hbond substituents is 1. The predicted octanol–water partition coefficient (Wildman–Crippen LogP) is 3.15. The second-order valence-corrected chi connectivity index (χ2v) is 4.99. The molecule has 2 aromatic carbocycles. The minimum absolute atomic E-state index is 0.0759. The maximum Gasteiger partial charge on any atom is 0.257 e. The number of fused-ring (bicyclic) bond motifs is 3. The fraction of sp³-hybridized carbons (Fsp3) is 0. The minimum Gasteiger partial charge on any atom is -0.508 e. The first-order chi connectivity index (χ1) is 10.2. The number of phenols is 1. The number of para-hydroxylation sites is 2. The zero-order valence-corrected chi connectivity index (χ0v) is 11.1. The summed E-state index contributed by atoms with van der Waals surface area (Å²) >= 11 is 0. The third-order valence-electron chi connectivity index (χ3n) is 3.64. The molecule has 4 aromatic rings. The number of aromatic nitrogens is 2. The van der Waals surface area contributed by atoms with Crippen molar-refractivity contribution in [2.75, 3.05) is 0 Å².